The van der Waals surface area contributed by atoms with Crippen LogP contribution >= 0.6 is 0 Å². The summed E-state index contributed by atoms with van der Waals surface area (Å²) in [5, 5.41) is 9.37. The first-order valence-corrected chi connectivity index (χ1v) is 9.46. The van der Waals surface area contributed by atoms with Crippen molar-refractivity contribution < 1.29 is 9.90 Å². The van der Waals surface area contributed by atoms with Gasteiger partial charge in [-0.1, -0.05) is 6.07 Å². The Labute approximate surface area is 150 Å². The maximum absolute atomic E-state index is 12.6. The van der Waals surface area contributed by atoms with E-state index in [1.54, 1.807) is 0 Å². The average molecular weight is 346 g/mol. The number of aliphatic hydroxyl groups is 1. The lowest BCUT2D eigenvalue weighted by atomic mass is 9.94. The van der Waals surface area contributed by atoms with Crippen molar-refractivity contribution in [2.75, 3.05) is 50.8 Å². The summed E-state index contributed by atoms with van der Waals surface area (Å²) < 4.78 is 0. The summed E-state index contributed by atoms with van der Waals surface area (Å²) in [6, 6.07) is 6.31. The molecule has 0 spiro atoms. The molecule has 1 aromatic rings. The molecule has 2 aliphatic rings. The van der Waals surface area contributed by atoms with E-state index in [0.717, 1.165) is 51.4 Å². The van der Waals surface area contributed by atoms with Crippen LogP contribution in [-0.4, -0.2) is 77.7 Å². The number of amides is 1. The van der Waals surface area contributed by atoms with Gasteiger partial charge >= 0.3 is 0 Å². The van der Waals surface area contributed by atoms with Crippen LogP contribution in [-0.2, 0) is 4.79 Å². The minimum atomic E-state index is 0.186. The topological polar surface area (TPSA) is 59.9 Å². The van der Waals surface area contributed by atoms with Crippen molar-refractivity contribution in [2.45, 2.75) is 32.2 Å². The number of piperidine rings is 1. The van der Waals surface area contributed by atoms with E-state index in [0.29, 0.717) is 19.0 Å². The Morgan fingerprint density at radius 2 is 2.04 bits per heavy atom. The second-order valence-electron chi connectivity index (χ2n) is 7.29. The summed E-state index contributed by atoms with van der Waals surface area (Å²) in [5.74, 6) is 1.52. The van der Waals surface area contributed by atoms with Crippen molar-refractivity contribution in [1.29, 1.82) is 0 Å². The molecule has 2 saturated heterocycles. The van der Waals surface area contributed by atoms with Gasteiger partial charge in [-0.15, -0.1) is 0 Å². The Bertz CT molecular complexity index is 546. The van der Waals surface area contributed by atoms with E-state index >= 15 is 0 Å². The zero-order chi connectivity index (χ0) is 17.6. The number of likely N-dealkylation sites (tertiary alicyclic amines) is 1. The van der Waals surface area contributed by atoms with Gasteiger partial charge in [0, 0.05) is 64.5 Å². The Balaban J connectivity index is 1.43. The van der Waals surface area contributed by atoms with Gasteiger partial charge in [0.25, 0.3) is 0 Å². The highest BCUT2D eigenvalue weighted by atomic mass is 16.3. The maximum atomic E-state index is 12.6. The predicted octanol–water partition coefficient (Wildman–Crippen LogP) is 1.21. The molecule has 2 unspecified atom stereocenters. The summed E-state index contributed by atoms with van der Waals surface area (Å²) >= 11 is 0. The van der Waals surface area contributed by atoms with Gasteiger partial charge in [0.2, 0.25) is 5.91 Å². The number of hydrogen-bond acceptors (Lipinski definition) is 5. The van der Waals surface area contributed by atoms with Gasteiger partial charge in [-0.25, -0.2) is 4.98 Å². The third kappa shape index (κ3) is 4.70. The fourth-order valence-corrected chi connectivity index (χ4v) is 3.82. The summed E-state index contributed by atoms with van der Waals surface area (Å²) in [5.41, 5.74) is 0. The molecule has 0 bridgehead atoms. The van der Waals surface area contributed by atoms with Gasteiger partial charge in [0.15, 0.2) is 0 Å². The first-order valence-electron chi connectivity index (χ1n) is 9.46. The number of pyridine rings is 1. The van der Waals surface area contributed by atoms with E-state index < -0.39 is 0 Å². The van der Waals surface area contributed by atoms with E-state index in [2.05, 4.69) is 27.8 Å². The average Bonchev–Trinajstić information content (AvgIpc) is 2.67. The molecule has 3 rings (SSSR count). The van der Waals surface area contributed by atoms with Crippen LogP contribution in [0.3, 0.4) is 0 Å². The molecule has 2 aliphatic heterocycles. The summed E-state index contributed by atoms with van der Waals surface area (Å²) in [7, 11) is 0. The number of hydrogen-bond donors (Lipinski definition) is 1. The van der Waals surface area contributed by atoms with E-state index in [9.17, 15) is 9.90 Å². The van der Waals surface area contributed by atoms with Crippen molar-refractivity contribution in [2.24, 2.45) is 5.92 Å². The van der Waals surface area contributed by atoms with E-state index in [4.69, 9.17) is 0 Å². The summed E-state index contributed by atoms with van der Waals surface area (Å²) in [4.78, 5) is 23.7. The number of aromatic nitrogens is 1. The molecule has 0 radical (unpaired) electrons. The fraction of sp³-hybridized carbons (Fsp3) is 0.684. The van der Waals surface area contributed by atoms with Gasteiger partial charge < -0.3 is 14.9 Å². The molecular weight excluding hydrogens is 316 g/mol. The molecule has 2 atom stereocenters. The van der Waals surface area contributed by atoms with Gasteiger partial charge in [-0.05, 0) is 37.8 Å². The lowest BCUT2D eigenvalue weighted by molar-refractivity contribution is -0.136. The summed E-state index contributed by atoms with van der Waals surface area (Å²) in [6.07, 6.45) is 4.43. The molecule has 3 heterocycles. The largest absolute Gasteiger partial charge is 0.396 e. The quantitative estimate of drug-likeness (QED) is 0.868. The molecule has 0 saturated carbocycles. The maximum Gasteiger partial charge on any atom is 0.224 e. The van der Waals surface area contributed by atoms with Crippen molar-refractivity contribution in [3.05, 3.63) is 24.4 Å². The molecule has 2 fully saturated rings. The second kappa shape index (κ2) is 8.63. The fourth-order valence-electron chi connectivity index (χ4n) is 3.82. The van der Waals surface area contributed by atoms with Crippen LogP contribution in [0.25, 0.3) is 0 Å². The molecule has 1 N–H and O–H groups in total. The lowest BCUT2D eigenvalue weighted by Gasteiger charge is -2.39. The molecule has 0 aromatic carbocycles. The van der Waals surface area contributed by atoms with Gasteiger partial charge in [0.05, 0.1) is 0 Å². The first-order chi connectivity index (χ1) is 12.2. The third-order valence-corrected chi connectivity index (χ3v) is 5.55. The molecule has 0 aliphatic carbocycles. The lowest BCUT2D eigenvalue weighted by Crippen LogP contribution is -2.49. The van der Waals surface area contributed by atoms with Crippen LogP contribution in [0.5, 0.6) is 0 Å². The van der Waals surface area contributed by atoms with Gasteiger partial charge in [-0.3, -0.25) is 9.69 Å². The van der Waals surface area contributed by atoms with E-state index in [-0.39, 0.29) is 18.4 Å². The minimum Gasteiger partial charge on any atom is -0.396 e. The molecule has 138 valence electrons. The zero-order valence-corrected chi connectivity index (χ0v) is 15.2. The van der Waals surface area contributed by atoms with Gasteiger partial charge in [-0.2, -0.15) is 0 Å². The predicted molar refractivity (Wildman–Crippen MR) is 98.5 cm³/mol. The van der Waals surface area contributed by atoms with E-state index in [1.165, 1.54) is 0 Å². The number of nitrogens with zero attached hydrogens (tertiary/aromatic N) is 4. The standard InChI is InChI=1S/C19H30N4O2/c1-16-5-6-17(15-24)14-23(16)19(25)7-9-21-10-12-22(13-11-21)18-4-2-3-8-20-18/h2-4,8,16-17,24H,5-7,9-15H2,1H3. The van der Waals surface area contributed by atoms with Crippen molar-refractivity contribution >= 4 is 11.7 Å². The van der Waals surface area contributed by atoms with Crippen LogP contribution < -0.4 is 4.90 Å². The third-order valence-electron chi connectivity index (χ3n) is 5.55. The van der Waals surface area contributed by atoms with Crippen LogP contribution in [0.1, 0.15) is 26.2 Å². The van der Waals surface area contributed by atoms with Gasteiger partial charge in [0.1, 0.15) is 5.82 Å². The van der Waals surface area contributed by atoms with Crippen LogP contribution in [0.2, 0.25) is 0 Å². The Morgan fingerprint density at radius 1 is 1.24 bits per heavy atom. The van der Waals surface area contributed by atoms with Crippen LogP contribution in [0, 0.1) is 5.92 Å². The number of aliphatic hydroxyl groups excluding tert-OH is 1. The number of piperazine rings is 1. The second-order valence-corrected chi connectivity index (χ2v) is 7.29. The molecule has 6 nitrogen and oxygen atoms in total. The molecule has 25 heavy (non-hydrogen) atoms. The van der Waals surface area contributed by atoms with Crippen molar-refractivity contribution in [3.63, 3.8) is 0 Å². The molecule has 1 amide bonds. The van der Waals surface area contributed by atoms with Crippen molar-refractivity contribution in [3.8, 4) is 0 Å². The molecular formula is C19H30N4O2. The summed E-state index contributed by atoms with van der Waals surface area (Å²) in [6.45, 7) is 7.70. The Hall–Kier alpha value is -1.66. The Morgan fingerprint density at radius 3 is 2.72 bits per heavy atom. The normalized spacial score (nSPS) is 25.2. The minimum absolute atomic E-state index is 0.186. The molecule has 1 aromatic heterocycles. The SMILES string of the molecule is CC1CCC(CO)CN1C(=O)CCN1CCN(c2ccccn2)CC1. The Kier molecular flexibility index (Phi) is 6.26. The number of carbonyl (C=O) groups excluding carboxylic acids is 1. The van der Waals surface area contributed by atoms with Crippen LogP contribution in [0.15, 0.2) is 24.4 Å². The number of carbonyl (C=O) groups is 1. The number of rotatable bonds is 5. The van der Waals surface area contributed by atoms with Crippen molar-refractivity contribution in [1.82, 2.24) is 14.8 Å². The molecule has 6 heteroatoms. The highest BCUT2D eigenvalue weighted by molar-refractivity contribution is 5.76. The van der Waals surface area contributed by atoms with Crippen LogP contribution in [0.4, 0.5) is 5.82 Å². The van der Waals surface area contributed by atoms with E-state index in [1.807, 2.05) is 23.2 Å². The monoisotopic (exact) mass is 346 g/mol. The first kappa shape index (κ1) is 18.1. The smallest absolute Gasteiger partial charge is 0.224 e. The number of anilines is 1. The highest BCUT2D eigenvalue weighted by Crippen LogP contribution is 2.22. The zero-order valence-electron chi connectivity index (χ0n) is 15.2. The highest BCUT2D eigenvalue weighted by Gasteiger charge is 2.28.